The second kappa shape index (κ2) is 4.07. The largest absolute Gasteiger partial charge is 0.351 e. The second-order valence-electron chi connectivity index (χ2n) is 4.34. The Morgan fingerprint density at radius 1 is 1.33 bits per heavy atom. The highest BCUT2D eigenvalue weighted by atomic mass is 14.9. The Hall–Kier alpha value is -1.28. The van der Waals surface area contributed by atoms with Crippen molar-refractivity contribution in [2.75, 3.05) is 0 Å². The van der Waals surface area contributed by atoms with Crippen LogP contribution in [0.4, 0.5) is 0 Å². The maximum Gasteiger partial charge on any atom is 0.0480 e. The van der Waals surface area contributed by atoms with Crippen LogP contribution in [-0.2, 0) is 13.5 Å². The Morgan fingerprint density at radius 3 is 2.87 bits per heavy atom. The number of rotatable bonds is 3. The summed E-state index contributed by atoms with van der Waals surface area (Å²) in [5.74, 6) is 0. The molecule has 2 aromatic rings. The molecule has 1 aromatic heterocycles. The van der Waals surface area contributed by atoms with E-state index in [0.29, 0.717) is 0 Å². The van der Waals surface area contributed by atoms with Crippen molar-refractivity contribution in [2.24, 2.45) is 12.8 Å². The van der Waals surface area contributed by atoms with Crippen molar-refractivity contribution in [1.82, 2.24) is 4.57 Å². The van der Waals surface area contributed by atoms with Crippen LogP contribution >= 0.6 is 0 Å². The van der Waals surface area contributed by atoms with Gasteiger partial charge in [-0.1, -0.05) is 12.1 Å². The molecular weight excluding hydrogens is 184 g/mol. The summed E-state index contributed by atoms with van der Waals surface area (Å²) in [5, 5.41) is 1.31. The van der Waals surface area contributed by atoms with E-state index in [2.05, 4.69) is 49.0 Å². The smallest absolute Gasteiger partial charge is 0.0480 e. The minimum atomic E-state index is 0.286. The summed E-state index contributed by atoms with van der Waals surface area (Å²) < 4.78 is 2.16. The maximum atomic E-state index is 5.76. The monoisotopic (exact) mass is 202 g/mol. The SMILES string of the molecule is CC(N)CCc1ccc2ccn(C)c2c1. The fraction of sp³-hybridized carbons (Fsp3) is 0.385. The maximum absolute atomic E-state index is 5.76. The first-order valence-electron chi connectivity index (χ1n) is 5.46. The molecule has 15 heavy (non-hydrogen) atoms. The van der Waals surface area contributed by atoms with Gasteiger partial charge in [0.05, 0.1) is 0 Å². The molecule has 0 radical (unpaired) electrons. The summed E-state index contributed by atoms with van der Waals surface area (Å²) in [6.45, 7) is 2.06. The van der Waals surface area contributed by atoms with Crippen LogP contribution in [0.5, 0.6) is 0 Å². The van der Waals surface area contributed by atoms with E-state index in [1.165, 1.54) is 16.5 Å². The van der Waals surface area contributed by atoms with Gasteiger partial charge in [-0.15, -0.1) is 0 Å². The molecule has 2 heteroatoms. The Labute approximate surface area is 90.7 Å². The van der Waals surface area contributed by atoms with Gasteiger partial charge in [0.2, 0.25) is 0 Å². The summed E-state index contributed by atoms with van der Waals surface area (Å²) in [6, 6.07) is 9.08. The molecule has 1 aromatic carbocycles. The molecule has 2 N–H and O–H groups in total. The van der Waals surface area contributed by atoms with Gasteiger partial charge in [-0.05, 0) is 42.8 Å². The quantitative estimate of drug-likeness (QED) is 0.814. The van der Waals surface area contributed by atoms with Gasteiger partial charge in [0, 0.05) is 24.8 Å². The first-order chi connectivity index (χ1) is 7.16. The molecule has 0 bridgehead atoms. The standard InChI is InChI=1S/C13H18N2/c1-10(14)3-4-11-5-6-12-7-8-15(2)13(12)9-11/h5-10H,3-4,14H2,1-2H3. The highest BCUT2D eigenvalue weighted by Gasteiger charge is 2.01. The molecule has 0 saturated carbocycles. The lowest BCUT2D eigenvalue weighted by molar-refractivity contribution is 0.666. The van der Waals surface area contributed by atoms with Crippen molar-refractivity contribution in [2.45, 2.75) is 25.8 Å². The van der Waals surface area contributed by atoms with Gasteiger partial charge >= 0.3 is 0 Å². The summed E-state index contributed by atoms with van der Waals surface area (Å²) in [4.78, 5) is 0. The van der Waals surface area contributed by atoms with Crippen LogP contribution in [0.3, 0.4) is 0 Å². The number of hydrogen-bond acceptors (Lipinski definition) is 1. The number of nitrogens with two attached hydrogens (primary N) is 1. The molecular formula is C13H18N2. The summed E-state index contributed by atoms with van der Waals surface area (Å²) in [7, 11) is 2.08. The summed E-state index contributed by atoms with van der Waals surface area (Å²) in [6.07, 6.45) is 4.22. The first kappa shape index (κ1) is 10.2. The number of hydrogen-bond donors (Lipinski definition) is 1. The molecule has 1 unspecified atom stereocenters. The van der Waals surface area contributed by atoms with Crippen LogP contribution in [0, 0.1) is 0 Å². The molecule has 80 valence electrons. The van der Waals surface area contributed by atoms with Crippen molar-refractivity contribution in [3.63, 3.8) is 0 Å². The predicted molar refractivity (Wildman–Crippen MR) is 64.9 cm³/mol. The molecule has 1 heterocycles. The number of nitrogens with zero attached hydrogens (tertiary/aromatic N) is 1. The number of aromatic nitrogens is 1. The second-order valence-corrected chi connectivity index (χ2v) is 4.34. The normalized spacial score (nSPS) is 13.3. The minimum absolute atomic E-state index is 0.286. The lowest BCUT2D eigenvalue weighted by Gasteiger charge is -2.05. The van der Waals surface area contributed by atoms with E-state index < -0.39 is 0 Å². The molecule has 0 aliphatic carbocycles. The Morgan fingerprint density at radius 2 is 2.13 bits per heavy atom. The number of fused-ring (bicyclic) bond motifs is 1. The van der Waals surface area contributed by atoms with Crippen LogP contribution in [0.15, 0.2) is 30.5 Å². The third-order valence-corrected chi connectivity index (χ3v) is 2.84. The molecule has 0 fully saturated rings. The molecule has 2 nitrogen and oxygen atoms in total. The van der Waals surface area contributed by atoms with Crippen molar-refractivity contribution >= 4 is 10.9 Å². The van der Waals surface area contributed by atoms with E-state index >= 15 is 0 Å². The van der Waals surface area contributed by atoms with Crippen LogP contribution < -0.4 is 5.73 Å². The fourth-order valence-corrected chi connectivity index (χ4v) is 1.86. The molecule has 0 amide bonds. The lowest BCUT2D eigenvalue weighted by Crippen LogP contribution is -2.15. The van der Waals surface area contributed by atoms with Gasteiger partial charge in [0.25, 0.3) is 0 Å². The average molecular weight is 202 g/mol. The molecule has 2 rings (SSSR count). The molecule has 0 spiro atoms. The van der Waals surface area contributed by atoms with Gasteiger partial charge in [-0.25, -0.2) is 0 Å². The zero-order valence-corrected chi connectivity index (χ0v) is 9.40. The van der Waals surface area contributed by atoms with E-state index in [1.807, 2.05) is 0 Å². The third kappa shape index (κ3) is 2.21. The highest BCUT2D eigenvalue weighted by molar-refractivity contribution is 5.80. The zero-order chi connectivity index (χ0) is 10.8. The number of benzene rings is 1. The summed E-state index contributed by atoms with van der Waals surface area (Å²) >= 11 is 0. The van der Waals surface area contributed by atoms with Crippen molar-refractivity contribution < 1.29 is 0 Å². The van der Waals surface area contributed by atoms with E-state index in [4.69, 9.17) is 5.73 Å². The van der Waals surface area contributed by atoms with Crippen LogP contribution in [-0.4, -0.2) is 10.6 Å². The minimum Gasteiger partial charge on any atom is -0.351 e. The van der Waals surface area contributed by atoms with Gasteiger partial charge in [0.15, 0.2) is 0 Å². The zero-order valence-electron chi connectivity index (χ0n) is 9.40. The van der Waals surface area contributed by atoms with Crippen LogP contribution in [0.25, 0.3) is 10.9 Å². The highest BCUT2D eigenvalue weighted by Crippen LogP contribution is 2.17. The fourth-order valence-electron chi connectivity index (χ4n) is 1.86. The molecule has 0 aliphatic rings. The van der Waals surface area contributed by atoms with Gasteiger partial charge in [0.1, 0.15) is 0 Å². The summed E-state index contributed by atoms with van der Waals surface area (Å²) in [5.41, 5.74) is 8.44. The predicted octanol–water partition coefficient (Wildman–Crippen LogP) is 2.46. The molecule has 0 saturated heterocycles. The first-order valence-corrected chi connectivity index (χ1v) is 5.46. The third-order valence-electron chi connectivity index (χ3n) is 2.84. The van der Waals surface area contributed by atoms with Crippen LogP contribution in [0.1, 0.15) is 18.9 Å². The average Bonchev–Trinajstić information content (AvgIpc) is 2.57. The van der Waals surface area contributed by atoms with Gasteiger partial charge in [-0.3, -0.25) is 0 Å². The molecule has 0 aliphatic heterocycles. The lowest BCUT2D eigenvalue weighted by atomic mass is 10.1. The van der Waals surface area contributed by atoms with E-state index in [1.54, 1.807) is 0 Å². The van der Waals surface area contributed by atoms with Gasteiger partial charge in [-0.2, -0.15) is 0 Å². The Bertz CT molecular complexity index is 455. The Kier molecular flexibility index (Phi) is 2.78. The van der Waals surface area contributed by atoms with Crippen molar-refractivity contribution in [1.29, 1.82) is 0 Å². The van der Waals surface area contributed by atoms with Gasteiger partial charge < -0.3 is 10.3 Å². The topological polar surface area (TPSA) is 30.9 Å². The van der Waals surface area contributed by atoms with E-state index in [0.717, 1.165) is 12.8 Å². The van der Waals surface area contributed by atoms with Crippen molar-refractivity contribution in [3.8, 4) is 0 Å². The number of aryl methyl sites for hydroxylation is 2. The van der Waals surface area contributed by atoms with E-state index in [9.17, 15) is 0 Å². The van der Waals surface area contributed by atoms with E-state index in [-0.39, 0.29) is 6.04 Å². The van der Waals surface area contributed by atoms with Crippen molar-refractivity contribution in [3.05, 3.63) is 36.0 Å². The Balaban J connectivity index is 2.25. The molecule has 1 atom stereocenters. The van der Waals surface area contributed by atoms with Crippen LogP contribution in [0.2, 0.25) is 0 Å².